The zero-order chi connectivity index (χ0) is 30.3. The molecule has 0 N–H and O–H groups in total. The van der Waals surface area contributed by atoms with Gasteiger partial charge in [0.2, 0.25) is 0 Å². The highest BCUT2D eigenvalue weighted by Crippen LogP contribution is 2.38. The molecule has 0 radical (unpaired) electrons. The van der Waals surface area contributed by atoms with Gasteiger partial charge in [0, 0.05) is 24.5 Å². The van der Waals surface area contributed by atoms with E-state index in [1.54, 1.807) is 24.1 Å². The van der Waals surface area contributed by atoms with Crippen LogP contribution >= 0.6 is 0 Å². The first-order valence-corrected chi connectivity index (χ1v) is 14.6. The van der Waals surface area contributed by atoms with Crippen LogP contribution in [0.2, 0.25) is 0 Å². The lowest BCUT2D eigenvalue weighted by Gasteiger charge is -2.32. The molecule has 0 saturated heterocycles. The van der Waals surface area contributed by atoms with Crippen molar-refractivity contribution in [2.75, 3.05) is 20.8 Å². The van der Waals surface area contributed by atoms with Gasteiger partial charge in [0.05, 0.1) is 42.9 Å². The van der Waals surface area contributed by atoms with Gasteiger partial charge in [-0.15, -0.1) is 0 Å². The Bertz CT molecular complexity index is 1640. The van der Waals surface area contributed by atoms with E-state index in [1.807, 2.05) is 45.1 Å². The van der Waals surface area contributed by atoms with E-state index >= 15 is 0 Å². The molecule has 1 aliphatic carbocycles. The third-order valence-corrected chi connectivity index (χ3v) is 7.77. The fourth-order valence-electron chi connectivity index (χ4n) is 5.56. The van der Waals surface area contributed by atoms with Gasteiger partial charge in [-0.05, 0) is 84.1 Å². The van der Waals surface area contributed by atoms with Gasteiger partial charge < -0.3 is 18.8 Å². The molecule has 1 unspecified atom stereocenters. The predicted octanol–water partition coefficient (Wildman–Crippen LogP) is 6.57. The maximum absolute atomic E-state index is 13.1. The lowest BCUT2D eigenvalue weighted by molar-refractivity contribution is 0.0161. The second-order valence-corrected chi connectivity index (χ2v) is 11.9. The molecule has 0 spiro atoms. The van der Waals surface area contributed by atoms with Crippen molar-refractivity contribution < 1.29 is 23.8 Å². The summed E-state index contributed by atoms with van der Waals surface area (Å²) in [5.41, 5.74) is 4.73. The molecule has 4 aromatic rings. The first-order valence-electron chi connectivity index (χ1n) is 14.6. The van der Waals surface area contributed by atoms with Crippen LogP contribution in [0.1, 0.15) is 81.7 Å². The minimum Gasteiger partial charge on any atom is -0.482 e. The van der Waals surface area contributed by atoms with E-state index in [2.05, 4.69) is 23.6 Å². The molecule has 1 saturated carbocycles. The van der Waals surface area contributed by atoms with Gasteiger partial charge in [-0.25, -0.2) is 19.6 Å². The maximum atomic E-state index is 13.1. The van der Waals surface area contributed by atoms with E-state index in [9.17, 15) is 9.59 Å². The molecule has 10 heteroatoms. The van der Waals surface area contributed by atoms with Gasteiger partial charge in [0.25, 0.3) is 0 Å². The number of fused-ring (bicyclic) bond motifs is 2. The average molecular weight is 576 g/mol. The summed E-state index contributed by atoms with van der Waals surface area (Å²) >= 11 is 0. The topological polar surface area (TPSA) is 100 Å². The smallest absolute Gasteiger partial charge is 0.410 e. The van der Waals surface area contributed by atoms with Crippen molar-refractivity contribution in [1.82, 2.24) is 23.8 Å². The van der Waals surface area contributed by atoms with Gasteiger partial charge in [-0.1, -0.05) is 6.92 Å². The van der Waals surface area contributed by atoms with Crippen LogP contribution in [0.5, 0.6) is 5.88 Å². The number of imidazole rings is 1. The summed E-state index contributed by atoms with van der Waals surface area (Å²) < 4.78 is 20.5. The molecule has 1 aliphatic rings. The summed E-state index contributed by atoms with van der Waals surface area (Å²) in [5.74, 6) is 0.635. The molecule has 42 heavy (non-hydrogen) atoms. The van der Waals surface area contributed by atoms with E-state index in [1.165, 1.54) is 20.0 Å². The highest BCUT2D eigenvalue weighted by atomic mass is 16.6. The number of amides is 1. The quantitative estimate of drug-likeness (QED) is 0.208. The van der Waals surface area contributed by atoms with Crippen molar-refractivity contribution >= 4 is 28.7 Å². The molecule has 5 rings (SSSR count). The van der Waals surface area contributed by atoms with Crippen molar-refractivity contribution in [3.05, 3.63) is 47.3 Å². The van der Waals surface area contributed by atoms with Gasteiger partial charge in [-0.2, -0.15) is 0 Å². The highest BCUT2D eigenvalue weighted by molar-refractivity contribution is 5.91. The van der Waals surface area contributed by atoms with Gasteiger partial charge >= 0.3 is 12.1 Å². The Hall–Kier alpha value is -4.08. The Labute approximate surface area is 246 Å². The molecule has 0 bridgehead atoms. The number of aryl methyl sites for hydroxylation is 1. The van der Waals surface area contributed by atoms with Crippen LogP contribution in [-0.4, -0.2) is 62.3 Å². The van der Waals surface area contributed by atoms with Crippen molar-refractivity contribution in [2.45, 2.75) is 79.0 Å². The largest absolute Gasteiger partial charge is 0.482 e. The molecule has 0 aliphatic heterocycles. The zero-order valence-electron chi connectivity index (χ0n) is 25.9. The van der Waals surface area contributed by atoms with Gasteiger partial charge in [-0.3, -0.25) is 9.30 Å². The summed E-state index contributed by atoms with van der Waals surface area (Å²) in [5, 5.41) is 1.00. The van der Waals surface area contributed by atoms with Gasteiger partial charge in [0.15, 0.2) is 5.88 Å². The van der Waals surface area contributed by atoms with Crippen LogP contribution in [0.4, 0.5) is 4.79 Å². The molecule has 1 amide bonds. The Balaban J connectivity index is 1.64. The number of methoxy groups -OCH3 is 2. The molecule has 10 nitrogen and oxygen atoms in total. The standard InChI is InChI=1S/C32H41N5O5/c1-9-24(35(10-2)31(39)42-32(4,5)6)23-14-13-21-15-25(36(29(21)33-23)18-20-11-12-20)28-19(3)37-26(34-28)16-22(30(38)41-8)17-27(37)40-7/h13-17,20,24H,9-12,18H2,1-8H3. The lowest BCUT2D eigenvalue weighted by atomic mass is 10.1. The molecule has 224 valence electrons. The van der Waals surface area contributed by atoms with Crippen LogP contribution in [0.25, 0.3) is 28.1 Å². The third kappa shape index (κ3) is 5.54. The summed E-state index contributed by atoms with van der Waals surface area (Å²) in [7, 11) is 2.93. The van der Waals surface area contributed by atoms with Crippen LogP contribution in [0.3, 0.4) is 0 Å². The summed E-state index contributed by atoms with van der Waals surface area (Å²) in [4.78, 5) is 37.4. The van der Waals surface area contributed by atoms with E-state index in [4.69, 9.17) is 24.2 Å². The Kier molecular flexibility index (Phi) is 7.92. The van der Waals surface area contributed by atoms with Crippen LogP contribution in [0, 0.1) is 12.8 Å². The van der Waals surface area contributed by atoms with E-state index in [-0.39, 0.29) is 12.1 Å². The molecule has 4 heterocycles. The minimum atomic E-state index is -0.583. The van der Waals surface area contributed by atoms with Gasteiger partial charge in [0.1, 0.15) is 22.6 Å². The molecular formula is C32H41N5O5. The van der Waals surface area contributed by atoms with Crippen molar-refractivity contribution in [3.8, 4) is 17.3 Å². The van der Waals surface area contributed by atoms with E-state index in [0.717, 1.165) is 40.4 Å². The molecule has 0 aromatic carbocycles. The average Bonchev–Trinajstić information content (AvgIpc) is 3.63. The number of pyridine rings is 2. The fraction of sp³-hybridized carbons (Fsp3) is 0.500. The number of ether oxygens (including phenoxy) is 3. The minimum absolute atomic E-state index is 0.222. The van der Waals surface area contributed by atoms with Crippen LogP contribution in [-0.2, 0) is 16.0 Å². The Morgan fingerprint density at radius 2 is 1.83 bits per heavy atom. The number of carbonyl (C=O) groups excluding carboxylic acids is 2. The molecule has 4 aromatic heterocycles. The number of carbonyl (C=O) groups is 2. The number of esters is 1. The Morgan fingerprint density at radius 1 is 1.10 bits per heavy atom. The first kappa shape index (κ1) is 29.4. The summed E-state index contributed by atoms with van der Waals surface area (Å²) in [6, 6.07) is 9.38. The van der Waals surface area contributed by atoms with Crippen molar-refractivity contribution in [3.63, 3.8) is 0 Å². The second-order valence-electron chi connectivity index (χ2n) is 11.9. The van der Waals surface area contributed by atoms with Crippen LogP contribution in [0.15, 0.2) is 30.3 Å². The molecular weight excluding hydrogens is 534 g/mol. The molecule has 1 fully saturated rings. The fourth-order valence-corrected chi connectivity index (χ4v) is 5.56. The maximum Gasteiger partial charge on any atom is 0.410 e. The SMILES string of the molecule is CCC(c1ccc2cc(-c3nc4cc(C(=O)OC)cc(OC)n4c3C)n(CC3CC3)c2n1)N(CC)C(=O)OC(C)(C)C. The molecule has 1 atom stereocenters. The van der Waals surface area contributed by atoms with Crippen molar-refractivity contribution in [1.29, 1.82) is 0 Å². The Morgan fingerprint density at radius 3 is 2.43 bits per heavy atom. The normalized spacial score (nSPS) is 14.3. The second kappa shape index (κ2) is 11.3. The number of rotatable bonds is 9. The number of hydrogen-bond acceptors (Lipinski definition) is 7. The van der Waals surface area contributed by atoms with Crippen molar-refractivity contribution in [2.24, 2.45) is 5.92 Å². The summed E-state index contributed by atoms with van der Waals surface area (Å²) in [6.45, 7) is 13.0. The number of nitrogens with zero attached hydrogens (tertiary/aromatic N) is 5. The van der Waals surface area contributed by atoms with E-state index in [0.29, 0.717) is 36.0 Å². The third-order valence-electron chi connectivity index (χ3n) is 7.77. The first-order chi connectivity index (χ1) is 20.0. The number of hydrogen-bond donors (Lipinski definition) is 0. The summed E-state index contributed by atoms with van der Waals surface area (Å²) in [6.07, 6.45) is 2.72. The monoisotopic (exact) mass is 575 g/mol. The predicted molar refractivity (Wildman–Crippen MR) is 161 cm³/mol. The lowest BCUT2D eigenvalue weighted by Crippen LogP contribution is -2.39. The van der Waals surface area contributed by atoms with Crippen LogP contribution < -0.4 is 4.74 Å². The zero-order valence-corrected chi connectivity index (χ0v) is 25.9. The number of aromatic nitrogens is 4. The van der Waals surface area contributed by atoms with E-state index < -0.39 is 11.6 Å². The highest BCUT2D eigenvalue weighted by Gasteiger charge is 2.30.